The van der Waals surface area contributed by atoms with Gasteiger partial charge in [0.05, 0.1) is 36.6 Å². The van der Waals surface area contributed by atoms with E-state index >= 15 is 0 Å². The molecule has 1 atom stereocenters. The van der Waals surface area contributed by atoms with Crippen molar-refractivity contribution in [2.45, 2.75) is 19.0 Å². The van der Waals surface area contributed by atoms with Crippen LogP contribution in [0.1, 0.15) is 11.4 Å². The van der Waals surface area contributed by atoms with Crippen molar-refractivity contribution in [3.63, 3.8) is 0 Å². The van der Waals surface area contributed by atoms with Crippen molar-refractivity contribution in [2.75, 3.05) is 25.6 Å². The monoisotopic (exact) mass is 603 g/mol. The number of hydrogen-bond donors (Lipinski definition) is 4. The predicted molar refractivity (Wildman–Crippen MR) is 152 cm³/mol. The predicted octanol–water partition coefficient (Wildman–Crippen LogP) is 0.715. The van der Waals surface area contributed by atoms with Crippen molar-refractivity contribution >= 4 is 34.8 Å². The highest BCUT2D eigenvalue weighted by Crippen LogP contribution is 2.27. The van der Waals surface area contributed by atoms with Crippen LogP contribution in [0.25, 0.3) is 16.9 Å². The zero-order chi connectivity index (χ0) is 31.2. The molecule has 4 N–H and O–H groups in total. The average molecular weight is 604 g/mol. The third-order valence-electron chi connectivity index (χ3n) is 6.31. The van der Waals surface area contributed by atoms with Gasteiger partial charge in [-0.1, -0.05) is 0 Å². The van der Waals surface area contributed by atoms with E-state index in [4.69, 9.17) is 24.4 Å². The Morgan fingerprint density at radius 3 is 2.61 bits per heavy atom. The molecule has 0 radical (unpaired) electrons. The highest BCUT2D eigenvalue weighted by molar-refractivity contribution is 5.94. The van der Waals surface area contributed by atoms with Crippen LogP contribution in [0, 0.1) is 0 Å². The molecule has 0 saturated heterocycles. The average Bonchev–Trinajstić information content (AvgIpc) is 3.02. The minimum absolute atomic E-state index is 0.00343. The number of fused-ring (bicyclic) bond motifs is 3. The van der Waals surface area contributed by atoms with Gasteiger partial charge >= 0.3 is 11.9 Å². The van der Waals surface area contributed by atoms with Gasteiger partial charge in [-0.25, -0.2) is 19.6 Å². The third-order valence-corrected chi connectivity index (χ3v) is 6.31. The Kier molecular flexibility index (Phi) is 8.71. The summed E-state index contributed by atoms with van der Waals surface area (Å²) in [4.78, 5) is 60.9. The van der Waals surface area contributed by atoms with Crippen molar-refractivity contribution < 1.29 is 38.8 Å². The van der Waals surface area contributed by atoms with Gasteiger partial charge in [-0.2, -0.15) is 4.98 Å². The largest absolute Gasteiger partial charge is 0.490 e. The number of carbonyl (C=O) groups is 3. The van der Waals surface area contributed by atoms with Gasteiger partial charge in [0, 0.05) is 43.3 Å². The minimum atomic E-state index is -1.26. The van der Waals surface area contributed by atoms with Crippen LogP contribution < -0.4 is 30.4 Å². The van der Waals surface area contributed by atoms with Crippen molar-refractivity contribution in [2.24, 2.45) is 0 Å². The maximum Gasteiger partial charge on any atom is 0.328 e. The first kappa shape index (κ1) is 29.6. The van der Waals surface area contributed by atoms with Crippen LogP contribution in [-0.2, 0) is 27.3 Å². The number of amides is 1. The number of aliphatic carboxylic acids is 2. The van der Waals surface area contributed by atoms with Gasteiger partial charge in [0.2, 0.25) is 5.88 Å². The molecule has 2 aliphatic heterocycles. The highest BCUT2D eigenvalue weighted by Gasteiger charge is 2.23. The highest BCUT2D eigenvalue weighted by atomic mass is 16.5. The SMILES string of the molecule is COc1ccc2ncc(=O)n(-c3cnc4c(c3)OCC(NCc3ccc5c(n3)NC(=O)CO5)C4)c2n1.O=C(O)C=CC(=O)O. The number of nitrogens with zero attached hydrogens (tertiary/aromatic N) is 5. The van der Waals surface area contributed by atoms with Crippen LogP contribution >= 0.6 is 0 Å². The smallest absolute Gasteiger partial charge is 0.328 e. The van der Waals surface area contributed by atoms with Gasteiger partial charge in [0.25, 0.3) is 11.5 Å². The zero-order valence-electron chi connectivity index (χ0n) is 23.1. The molecule has 0 bridgehead atoms. The van der Waals surface area contributed by atoms with Gasteiger partial charge in [-0.15, -0.1) is 0 Å². The molecular weight excluding hydrogens is 578 g/mol. The van der Waals surface area contributed by atoms with Crippen LogP contribution in [0.2, 0.25) is 0 Å². The molecule has 0 saturated carbocycles. The number of anilines is 1. The van der Waals surface area contributed by atoms with Crippen molar-refractivity contribution in [3.8, 4) is 23.1 Å². The number of hydrogen-bond acceptors (Lipinski definition) is 12. The van der Waals surface area contributed by atoms with Gasteiger partial charge in [0.15, 0.2) is 23.8 Å². The van der Waals surface area contributed by atoms with E-state index in [-0.39, 0.29) is 24.1 Å². The molecular formula is C28H25N7O9. The molecule has 4 aromatic rings. The Hall–Kier alpha value is -5.90. The number of ether oxygens (including phenoxy) is 3. The fourth-order valence-corrected chi connectivity index (χ4v) is 4.31. The maximum absolute atomic E-state index is 12.7. The van der Waals surface area contributed by atoms with Crippen LogP contribution in [0.5, 0.6) is 17.4 Å². The number of carboxylic acid groups (broad SMARTS) is 2. The molecule has 6 heterocycles. The lowest BCUT2D eigenvalue weighted by molar-refractivity contribution is -0.134. The van der Waals surface area contributed by atoms with E-state index in [0.29, 0.717) is 71.8 Å². The van der Waals surface area contributed by atoms with Crippen molar-refractivity contribution in [1.82, 2.24) is 29.8 Å². The number of nitrogens with one attached hydrogen (secondary N) is 2. The number of rotatable bonds is 7. The number of carbonyl (C=O) groups excluding carboxylic acids is 1. The molecule has 4 aromatic heterocycles. The van der Waals surface area contributed by atoms with Crippen molar-refractivity contribution in [1.29, 1.82) is 0 Å². The number of methoxy groups -OCH3 is 1. The fourth-order valence-electron chi connectivity index (χ4n) is 4.31. The van der Waals surface area contributed by atoms with E-state index in [1.54, 1.807) is 30.5 Å². The molecule has 2 aliphatic rings. The molecule has 6 rings (SSSR count). The van der Waals surface area contributed by atoms with Crippen LogP contribution in [-0.4, -0.2) is 78.9 Å². The molecule has 1 unspecified atom stereocenters. The van der Waals surface area contributed by atoms with Crippen LogP contribution in [0.3, 0.4) is 0 Å². The molecule has 0 fully saturated rings. The lowest BCUT2D eigenvalue weighted by atomic mass is 10.1. The lowest BCUT2D eigenvalue weighted by Crippen LogP contribution is -2.39. The molecule has 16 heteroatoms. The van der Waals surface area contributed by atoms with Gasteiger partial charge in [0.1, 0.15) is 17.9 Å². The summed E-state index contributed by atoms with van der Waals surface area (Å²) in [6.07, 6.45) is 4.63. The molecule has 226 valence electrons. The zero-order valence-corrected chi connectivity index (χ0v) is 23.1. The number of aromatic nitrogens is 5. The second kappa shape index (κ2) is 13.0. The molecule has 44 heavy (non-hydrogen) atoms. The normalized spacial score (nSPS) is 15.1. The molecule has 0 aromatic carbocycles. The number of carboxylic acids is 2. The first-order valence-corrected chi connectivity index (χ1v) is 13.0. The first-order valence-electron chi connectivity index (χ1n) is 13.0. The van der Waals surface area contributed by atoms with Gasteiger partial charge in [-0.3, -0.25) is 19.1 Å². The third kappa shape index (κ3) is 6.93. The van der Waals surface area contributed by atoms with E-state index in [9.17, 15) is 19.2 Å². The lowest BCUT2D eigenvalue weighted by Gasteiger charge is -2.26. The Morgan fingerprint density at radius 2 is 1.86 bits per heavy atom. The summed E-state index contributed by atoms with van der Waals surface area (Å²) in [6.45, 7) is 0.897. The Labute approximate surface area is 248 Å². The Bertz CT molecular complexity index is 1820. The van der Waals surface area contributed by atoms with E-state index in [2.05, 4.69) is 30.6 Å². The Morgan fingerprint density at radius 1 is 1.07 bits per heavy atom. The summed E-state index contributed by atoms with van der Waals surface area (Å²) in [7, 11) is 1.51. The summed E-state index contributed by atoms with van der Waals surface area (Å²) >= 11 is 0. The summed E-state index contributed by atoms with van der Waals surface area (Å²) in [5, 5.41) is 21.8. The molecule has 0 aliphatic carbocycles. The quantitative estimate of drug-likeness (QED) is 0.214. The maximum atomic E-state index is 12.7. The minimum Gasteiger partial charge on any atom is -0.490 e. The summed E-state index contributed by atoms with van der Waals surface area (Å²) < 4.78 is 18.0. The second-order valence-corrected chi connectivity index (χ2v) is 9.36. The van der Waals surface area contributed by atoms with Gasteiger partial charge in [-0.05, 0) is 18.2 Å². The summed E-state index contributed by atoms with van der Waals surface area (Å²) in [5.74, 6) is -0.765. The van der Waals surface area contributed by atoms with E-state index < -0.39 is 11.9 Å². The first-order chi connectivity index (χ1) is 21.2. The van der Waals surface area contributed by atoms with E-state index in [1.165, 1.54) is 17.9 Å². The van der Waals surface area contributed by atoms with Gasteiger partial charge < -0.3 is 35.1 Å². The molecule has 0 spiro atoms. The second-order valence-electron chi connectivity index (χ2n) is 9.36. The number of pyridine rings is 3. The van der Waals surface area contributed by atoms with Crippen LogP contribution in [0.4, 0.5) is 5.82 Å². The standard InChI is InChI=1S/C24H21N7O5.C4H4O4/c1-34-21-5-3-16-24(30-21)31(22(33)10-27-16)15-7-19-17(26-9-15)6-14(11-35-19)25-8-13-2-4-18-23(28-13)29-20(32)12-36-18;5-3(6)1-2-4(7)8/h2-5,7,9-10,14,25H,6,8,11-12H2,1H3,(H,28,29,32);1-2H,(H,5,6)(H,7,8). The molecule has 16 nitrogen and oxygen atoms in total. The summed E-state index contributed by atoms with van der Waals surface area (Å²) in [5.41, 5.74) is 2.66. The topological polar surface area (TPSA) is 217 Å². The van der Waals surface area contributed by atoms with E-state index in [0.717, 1.165) is 11.4 Å². The Balaban J connectivity index is 0.000000426. The fraction of sp³-hybridized carbons (Fsp3) is 0.214. The van der Waals surface area contributed by atoms with Crippen LogP contribution in [0.15, 0.2) is 59.7 Å². The summed E-state index contributed by atoms with van der Waals surface area (Å²) in [6, 6.07) is 8.88. The molecule has 1 amide bonds. The van der Waals surface area contributed by atoms with Crippen molar-refractivity contribution in [3.05, 3.63) is 76.6 Å². The van der Waals surface area contributed by atoms with E-state index in [1.807, 2.05) is 6.07 Å².